The third-order valence-corrected chi connectivity index (χ3v) is 4.77. The predicted molar refractivity (Wildman–Crippen MR) is 87.8 cm³/mol. The minimum Gasteiger partial charge on any atom is -0.456 e. The Morgan fingerprint density at radius 3 is 2.38 bits per heavy atom. The van der Waals surface area contributed by atoms with Gasteiger partial charge in [0.15, 0.2) is 0 Å². The molecule has 0 spiro atoms. The summed E-state index contributed by atoms with van der Waals surface area (Å²) in [6, 6.07) is 5.75. The molecule has 0 saturated carbocycles. The van der Waals surface area contributed by atoms with Gasteiger partial charge in [0, 0.05) is 12.8 Å². The monoisotopic (exact) mass is 379 g/mol. The Balaban J connectivity index is 2.40. The molecule has 0 heterocycles. The molecule has 9 heteroatoms. The smallest absolute Gasteiger partial charge is 0.416 e. The second-order valence-corrected chi connectivity index (χ2v) is 6.87. The van der Waals surface area contributed by atoms with Crippen LogP contribution in [0, 0.1) is 6.92 Å². The summed E-state index contributed by atoms with van der Waals surface area (Å²) in [6.45, 7) is 1.69. The van der Waals surface area contributed by atoms with Crippen LogP contribution in [0.15, 0.2) is 30.3 Å². The van der Waals surface area contributed by atoms with Crippen LogP contribution >= 0.6 is 19.6 Å². The second kappa shape index (κ2) is 7.05. The van der Waals surface area contributed by atoms with Crippen molar-refractivity contribution < 1.29 is 27.0 Å². The standard InChI is InChI=1S/C15H14ClF3NO3P/c1-8-5-11(20)14(24(21)22-2)7-13(8)23-12-4-3-9(6-10(12)16)15(17,18)19/h3-7,24H,20H2,1-2H3. The van der Waals surface area contributed by atoms with Gasteiger partial charge in [-0.25, -0.2) is 0 Å². The molecule has 24 heavy (non-hydrogen) atoms. The number of halogens is 4. The lowest BCUT2D eigenvalue weighted by Crippen LogP contribution is -2.08. The zero-order valence-electron chi connectivity index (χ0n) is 12.7. The highest BCUT2D eigenvalue weighted by Crippen LogP contribution is 2.38. The van der Waals surface area contributed by atoms with Crippen molar-refractivity contribution in [2.75, 3.05) is 12.8 Å². The summed E-state index contributed by atoms with van der Waals surface area (Å²) < 4.78 is 60.2. The molecule has 1 unspecified atom stereocenters. The molecule has 130 valence electrons. The first-order chi connectivity index (χ1) is 11.1. The average molecular weight is 380 g/mol. The molecule has 0 aliphatic rings. The Bertz CT molecular complexity index is 796. The van der Waals surface area contributed by atoms with Crippen molar-refractivity contribution in [1.29, 1.82) is 0 Å². The van der Waals surface area contributed by atoms with Gasteiger partial charge in [0.1, 0.15) is 11.5 Å². The van der Waals surface area contributed by atoms with Gasteiger partial charge in [-0.15, -0.1) is 0 Å². The van der Waals surface area contributed by atoms with Crippen LogP contribution in [0.2, 0.25) is 5.02 Å². The van der Waals surface area contributed by atoms with Crippen molar-refractivity contribution in [2.24, 2.45) is 0 Å². The summed E-state index contributed by atoms with van der Waals surface area (Å²) in [6.07, 6.45) is -4.50. The van der Waals surface area contributed by atoms with E-state index in [4.69, 9.17) is 26.6 Å². The third kappa shape index (κ3) is 4.04. The number of benzene rings is 2. The fourth-order valence-corrected chi connectivity index (χ4v) is 2.98. The van der Waals surface area contributed by atoms with E-state index < -0.39 is 19.8 Å². The minimum absolute atomic E-state index is 0.0422. The Labute approximate surface area is 142 Å². The maximum atomic E-state index is 12.7. The van der Waals surface area contributed by atoms with Crippen LogP contribution in [0.4, 0.5) is 18.9 Å². The van der Waals surface area contributed by atoms with E-state index in [1.54, 1.807) is 13.0 Å². The maximum Gasteiger partial charge on any atom is 0.416 e. The minimum atomic E-state index is -4.50. The van der Waals surface area contributed by atoms with E-state index in [1.807, 2.05) is 0 Å². The molecule has 2 N–H and O–H groups in total. The summed E-state index contributed by atoms with van der Waals surface area (Å²) in [4.78, 5) is 0. The van der Waals surface area contributed by atoms with Gasteiger partial charge >= 0.3 is 6.18 Å². The van der Waals surface area contributed by atoms with E-state index in [9.17, 15) is 17.7 Å². The molecule has 2 aromatic carbocycles. The van der Waals surface area contributed by atoms with Crippen LogP contribution in [-0.4, -0.2) is 7.11 Å². The Hall–Kier alpha value is -1.69. The molecule has 2 rings (SSSR count). The van der Waals surface area contributed by atoms with E-state index >= 15 is 0 Å². The highest BCUT2D eigenvalue weighted by molar-refractivity contribution is 7.48. The number of ether oxygens (including phenoxy) is 1. The Morgan fingerprint density at radius 1 is 1.17 bits per heavy atom. The molecule has 0 radical (unpaired) electrons. The maximum absolute atomic E-state index is 12.7. The van der Waals surface area contributed by atoms with Crippen LogP contribution in [0.1, 0.15) is 11.1 Å². The second-order valence-electron chi connectivity index (χ2n) is 4.94. The predicted octanol–water partition coefficient (Wildman–Crippen LogP) is 4.79. The molecule has 0 aromatic heterocycles. The van der Waals surface area contributed by atoms with E-state index in [-0.39, 0.29) is 27.5 Å². The van der Waals surface area contributed by atoms with E-state index in [1.165, 1.54) is 13.2 Å². The largest absolute Gasteiger partial charge is 0.456 e. The summed E-state index contributed by atoms with van der Waals surface area (Å²) in [7, 11) is -1.25. The number of hydrogen-bond donors (Lipinski definition) is 1. The van der Waals surface area contributed by atoms with Crippen LogP contribution in [0.3, 0.4) is 0 Å². The lowest BCUT2D eigenvalue weighted by Gasteiger charge is -2.14. The fourth-order valence-electron chi connectivity index (χ4n) is 1.99. The normalized spacial score (nSPS) is 12.9. The topological polar surface area (TPSA) is 61.5 Å². The van der Waals surface area contributed by atoms with Crippen LogP contribution in [-0.2, 0) is 15.3 Å². The molecule has 2 aromatic rings. The molecule has 0 amide bonds. The van der Waals surface area contributed by atoms with Crippen LogP contribution in [0.25, 0.3) is 0 Å². The summed E-state index contributed by atoms with van der Waals surface area (Å²) in [5.74, 6) is 0.317. The average Bonchev–Trinajstić information content (AvgIpc) is 2.49. The highest BCUT2D eigenvalue weighted by Gasteiger charge is 2.31. The van der Waals surface area contributed by atoms with Gasteiger partial charge in [-0.05, 0) is 42.8 Å². The number of hydrogen-bond acceptors (Lipinski definition) is 4. The lowest BCUT2D eigenvalue weighted by molar-refractivity contribution is -0.137. The molecule has 4 nitrogen and oxygen atoms in total. The molecule has 0 saturated heterocycles. The van der Waals surface area contributed by atoms with Crippen LogP contribution < -0.4 is 15.8 Å². The van der Waals surface area contributed by atoms with Gasteiger partial charge in [0.2, 0.25) is 8.03 Å². The molecule has 0 aliphatic carbocycles. The summed E-state index contributed by atoms with van der Waals surface area (Å²) in [5, 5.41) is 0.0770. The molecule has 0 bridgehead atoms. The van der Waals surface area contributed by atoms with Crippen molar-refractivity contribution in [3.8, 4) is 11.5 Å². The molecule has 1 atom stereocenters. The van der Waals surface area contributed by atoms with Gasteiger partial charge in [-0.2, -0.15) is 13.2 Å². The number of anilines is 1. The van der Waals surface area contributed by atoms with Gasteiger partial charge < -0.3 is 15.0 Å². The van der Waals surface area contributed by atoms with Crippen LogP contribution in [0.5, 0.6) is 11.5 Å². The van der Waals surface area contributed by atoms with Crippen molar-refractivity contribution in [3.05, 3.63) is 46.5 Å². The lowest BCUT2D eigenvalue weighted by atomic mass is 10.2. The zero-order valence-corrected chi connectivity index (χ0v) is 14.5. The van der Waals surface area contributed by atoms with E-state index in [2.05, 4.69) is 0 Å². The quantitative estimate of drug-likeness (QED) is 0.613. The van der Waals surface area contributed by atoms with Crippen molar-refractivity contribution in [3.63, 3.8) is 0 Å². The summed E-state index contributed by atoms with van der Waals surface area (Å²) >= 11 is 5.87. The summed E-state index contributed by atoms with van der Waals surface area (Å²) in [5.41, 5.74) is 5.81. The number of aryl methyl sites for hydroxylation is 1. The molecule has 0 fully saturated rings. The van der Waals surface area contributed by atoms with Crippen molar-refractivity contribution in [2.45, 2.75) is 13.1 Å². The molecular weight excluding hydrogens is 366 g/mol. The van der Waals surface area contributed by atoms with Crippen molar-refractivity contribution >= 4 is 30.6 Å². The van der Waals surface area contributed by atoms with Gasteiger partial charge in [-0.3, -0.25) is 4.57 Å². The highest BCUT2D eigenvalue weighted by atomic mass is 35.5. The number of rotatable bonds is 4. The van der Waals surface area contributed by atoms with Crippen molar-refractivity contribution in [1.82, 2.24) is 0 Å². The van der Waals surface area contributed by atoms with Gasteiger partial charge in [0.25, 0.3) is 0 Å². The Morgan fingerprint density at radius 2 is 1.83 bits per heavy atom. The fraction of sp³-hybridized carbons (Fsp3) is 0.200. The molecule has 0 aliphatic heterocycles. The number of nitrogens with two attached hydrogens (primary N) is 1. The van der Waals surface area contributed by atoms with Gasteiger partial charge in [0.05, 0.1) is 15.9 Å². The first-order valence-electron chi connectivity index (χ1n) is 6.66. The first-order valence-corrected chi connectivity index (χ1v) is 8.36. The first kappa shape index (κ1) is 18.6. The van der Waals surface area contributed by atoms with Gasteiger partial charge in [-0.1, -0.05) is 11.6 Å². The third-order valence-electron chi connectivity index (χ3n) is 3.23. The van der Waals surface area contributed by atoms with E-state index in [0.717, 1.165) is 18.2 Å². The zero-order chi connectivity index (χ0) is 18.1. The SMILES string of the molecule is CO[PH](=O)c1cc(Oc2ccc(C(F)(F)F)cc2Cl)c(C)cc1N. The van der Waals surface area contributed by atoms with E-state index in [0.29, 0.717) is 5.56 Å². The molecular formula is C15H14ClF3NO3P. The number of nitrogen functional groups attached to an aromatic ring is 1. The Kier molecular flexibility index (Phi) is 5.48. The number of alkyl halides is 3.